The van der Waals surface area contributed by atoms with E-state index in [2.05, 4.69) is 41.5 Å². The van der Waals surface area contributed by atoms with Gasteiger partial charge in [-0.25, -0.2) is 0 Å². The molecule has 0 unspecified atom stereocenters. The minimum atomic E-state index is -0.711. The van der Waals surface area contributed by atoms with Crippen molar-refractivity contribution in [3.63, 3.8) is 0 Å². The van der Waals surface area contributed by atoms with E-state index in [0.717, 1.165) is 65.9 Å². The second-order valence-corrected chi connectivity index (χ2v) is 12.6. The second-order valence-electron chi connectivity index (χ2n) is 12.6. The highest BCUT2D eigenvalue weighted by Crippen LogP contribution is 2.44. The van der Waals surface area contributed by atoms with Crippen molar-refractivity contribution in [1.29, 1.82) is 0 Å². The van der Waals surface area contributed by atoms with Crippen LogP contribution in [-0.2, 0) is 11.2 Å². The zero-order valence-electron chi connectivity index (χ0n) is 25.6. The molecule has 0 saturated carbocycles. The van der Waals surface area contributed by atoms with Gasteiger partial charge in [-0.1, -0.05) is 79.6 Å². The lowest BCUT2D eigenvalue weighted by Crippen LogP contribution is -2.37. The number of fused-ring (bicyclic) bond motifs is 1. The fourth-order valence-electron chi connectivity index (χ4n) is 5.49. The molecular weight excluding hydrogens is 460 g/mol. The molecule has 1 heterocycles. The molecule has 2 rings (SSSR count). The Hall–Kier alpha value is -1.71. The van der Waals surface area contributed by atoms with Gasteiger partial charge in [0.2, 0.25) is 0 Å². The van der Waals surface area contributed by atoms with Gasteiger partial charge in [0, 0.05) is 12.0 Å². The van der Waals surface area contributed by atoms with Crippen molar-refractivity contribution >= 4 is 5.97 Å². The Morgan fingerprint density at radius 1 is 0.892 bits per heavy atom. The third kappa shape index (κ3) is 11.7. The monoisotopic (exact) mass is 518 g/mol. The summed E-state index contributed by atoms with van der Waals surface area (Å²) in [6.45, 7) is 19.8. The Morgan fingerprint density at radius 2 is 1.43 bits per heavy atom. The molecule has 0 aromatic heterocycles. The van der Waals surface area contributed by atoms with Crippen LogP contribution in [0, 0.1) is 38.5 Å². The number of carboxylic acids is 1. The number of phenolic OH excluding ortho intramolecular Hbond substituents is 1. The number of rotatable bonds is 14. The van der Waals surface area contributed by atoms with E-state index in [1.807, 2.05) is 20.8 Å². The van der Waals surface area contributed by atoms with E-state index in [1.54, 1.807) is 0 Å². The first kappa shape index (κ1) is 33.3. The number of phenols is 1. The molecule has 2 N–H and O–H groups in total. The average Bonchev–Trinajstić information content (AvgIpc) is 2.81. The highest BCUT2D eigenvalue weighted by molar-refractivity contribution is 5.66. The lowest BCUT2D eigenvalue weighted by molar-refractivity contribution is -0.137. The van der Waals surface area contributed by atoms with Crippen LogP contribution in [0.3, 0.4) is 0 Å². The maximum atomic E-state index is 10.4. The molecule has 1 aromatic rings. The van der Waals surface area contributed by atoms with E-state index < -0.39 is 5.97 Å². The number of aromatic hydroxyl groups is 1. The van der Waals surface area contributed by atoms with Gasteiger partial charge in [-0.3, -0.25) is 4.79 Å². The maximum absolute atomic E-state index is 10.4. The molecule has 1 aromatic carbocycles. The lowest BCUT2D eigenvalue weighted by atomic mass is 9.84. The third-order valence-corrected chi connectivity index (χ3v) is 8.33. The first-order chi connectivity index (χ1) is 17.3. The van der Waals surface area contributed by atoms with Crippen LogP contribution in [-0.4, -0.2) is 21.8 Å². The molecule has 0 aliphatic carbocycles. The summed E-state index contributed by atoms with van der Waals surface area (Å²) in [6.07, 6.45) is 15.1. The number of aliphatic carboxylic acids is 1. The molecule has 3 atom stereocenters. The summed E-state index contributed by atoms with van der Waals surface area (Å²) in [5, 5.41) is 18.3. The number of ether oxygens (including phenoxy) is 1. The van der Waals surface area contributed by atoms with Crippen molar-refractivity contribution in [1.82, 2.24) is 0 Å². The Bertz CT molecular complexity index is 828. The summed E-state index contributed by atoms with van der Waals surface area (Å²) in [5.41, 5.74) is 4.23. The summed E-state index contributed by atoms with van der Waals surface area (Å²) < 4.78 is 6.60. The molecule has 1 aliphatic heterocycles. The summed E-state index contributed by atoms with van der Waals surface area (Å²) in [7, 11) is 0. The molecule has 0 fully saturated rings. The standard InChI is InChI=1S/C29H50O2.C4H8O2/c1-20(2)12-9-13-21(3)14-10-15-22(4)16-11-18-29(8)19-17-26-25(7)27(30)23(5)24(6)28(26)31-29;1-2-3-4(5)6/h20-22,30H,9-19H2,1-8H3;2-3H2,1H3,(H,5,6)/t21-,22-,29-;/m1./s1. The van der Waals surface area contributed by atoms with Crippen LogP contribution in [0.1, 0.15) is 141 Å². The zero-order chi connectivity index (χ0) is 28.2. The summed E-state index contributed by atoms with van der Waals surface area (Å²) in [6, 6.07) is 0. The molecule has 214 valence electrons. The second kappa shape index (κ2) is 16.3. The number of carbonyl (C=O) groups is 1. The van der Waals surface area contributed by atoms with Gasteiger partial charge in [0.1, 0.15) is 17.1 Å². The summed E-state index contributed by atoms with van der Waals surface area (Å²) in [4.78, 5) is 9.60. The number of benzene rings is 1. The molecule has 0 spiro atoms. The van der Waals surface area contributed by atoms with Gasteiger partial charge >= 0.3 is 5.97 Å². The molecule has 4 nitrogen and oxygen atoms in total. The van der Waals surface area contributed by atoms with Gasteiger partial charge in [-0.2, -0.15) is 0 Å². The van der Waals surface area contributed by atoms with Gasteiger partial charge in [0.05, 0.1) is 0 Å². The van der Waals surface area contributed by atoms with Crippen LogP contribution in [0.2, 0.25) is 0 Å². The van der Waals surface area contributed by atoms with E-state index in [9.17, 15) is 9.90 Å². The largest absolute Gasteiger partial charge is 0.507 e. The SMILES string of the molecule is CCCC(=O)O.Cc1c(C)c2c(c(C)c1O)CC[C@@](C)(CCC[C@H](C)CCC[C@H](C)CCCC(C)C)O2. The maximum Gasteiger partial charge on any atom is 0.303 e. The predicted molar refractivity (Wildman–Crippen MR) is 157 cm³/mol. The zero-order valence-corrected chi connectivity index (χ0v) is 25.6. The van der Waals surface area contributed by atoms with E-state index in [0.29, 0.717) is 12.2 Å². The summed E-state index contributed by atoms with van der Waals surface area (Å²) >= 11 is 0. The number of hydrogen-bond donors (Lipinski definition) is 2. The molecule has 0 amide bonds. The van der Waals surface area contributed by atoms with Crippen LogP contribution < -0.4 is 4.74 Å². The summed E-state index contributed by atoms with van der Waals surface area (Å²) in [5.74, 6) is 3.32. The normalized spacial score (nSPS) is 18.4. The molecular formula is C33H58O4. The van der Waals surface area contributed by atoms with Crippen molar-refractivity contribution in [2.75, 3.05) is 0 Å². The smallest absolute Gasteiger partial charge is 0.303 e. The Labute approximate surface area is 228 Å². The fraction of sp³-hybridized carbons (Fsp3) is 0.788. The molecule has 1 aliphatic rings. The van der Waals surface area contributed by atoms with Crippen molar-refractivity contribution in [2.24, 2.45) is 17.8 Å². The van der Waals surface area contributed by atoms with Crippen molar-refractivity contribution in [2.45, 2.75) is 151 Å². The van der Waals surface area contributed by atoms with Gasteiger partial charge in [-0.15, -0.1) is 0 Å². The van der Waals surface area contributed by atoms with E-state index in [-0.39, 0.29) is 5.60 Å². The highest BCUT2D eigenvalue weighted by Gasteiger charge is 2.34. The van der Waals surface area contributed by atoms with E-state index in [4.69, 9.17) is 9.84 Å². The number of carboxylic acid groups (broad SMARTS) is 1. The van der Waals surface area contributed by atoms with Crippen molar-refractivity contribution < 1.29 is 19.7 Å². The Kier molecular flexibility index (Phi) is 14.7. The first-order valence-electron chi connectivity index (χ1n) is 15.0. The third-order valence-electron chi connectivity index (χ3n) is 8.33. The number of hydrogen-bond acceptors (Lipinski definition) is 3. The van der Waals surface area contributed by atoms with E-state index in [1.165, 1.54) is 56.9 Å². The van der Waals surface area contributed by atoms with Crippen molar-refractivity contribution in [3.8, 4) is 11.5 Å². The quantitative estimate of drug-likeness (QED) is 0.257. The van der Waals surface area contributed by atoms with Crippen LogP contribution in [0.25, 0.3) is 0 Å². The minimum absolute atomic E-state index is 0.0712. The first-order valence-corrected chi connectivity index (χ1v) is 15.0. The highest BCUT2D eigenvalue weighted by atomic mass is 16.5. The van der Waals surface area contributed by atoms with Gasteiger partial charge in [-0.05, 0) is 94.2 Å². The topological polar surface area (TPSA) is 66.8 Å². The molecule has 37 heavy (non-hydrogen) atoms. The van der Waals surface area contributed by atoms with Gasteiger partial charge in [0.15, 0.2) is 0 Å². The Balaban J connectivity index is 0.00000102. The molecule has 0 saturated heterocycles. The lowest BCUT2D eigenvalue weighted by Gasteiger charge is -2.38. The van der Waals surface area contributed by atoms with Crippen LogP contribution >= 0.6 is 0 Å². The van der Waals surface area contributed by atoms with Crippen LogP contribution in [0.4, 0.5) is 0 Å². The van der Waals surface area contributed by atoms with Crippen LogP contribution in [0.15, 0.2) is 0 Å². The minimum Gasteiger partial charge on any atom is -0.507 e. The van der Waals surface area contributed by atoms with Gasteiger partial charge in [0.25, 0.3) is 0 Å². The van der Waals surface area contributed by atoms with Gasteiger partial charge < -0.3 is 14.9 Å². The van der Waals surface area contributed by atoms with E-state index >= 15 is 0 Å². The van der Waals surface area contributed by atoms with Crippen LogP contribution in [0.5, 0.6) is 11.5 Å². The van der Waals surface area contributed by atoms with Crippen molar-refractivity contribution in [3.05, 3.63) is 22.3 Å². The molecule has 0 radical (unpaired) electrons. The molecule has 0 bridgehead atoms. The average molecular weight is 519 g/mol. The Morgan fingerprint density at radius 3 is 1.92 bits per heavy atom. The fourth-order valence-corrected chi connectivity index (χ4v) is 5.49. The molecule has 4 heteroatoms. The predicted octanol–water partition coefficient (Wildman–Crippen LogP) is 9.71.